The molecule has 150 valence electrons. The first-order chi connectivity index (χ1) is 12.9. The van der Waals surface area contributed by atoms with E-state index in [1.165, 1.54) is 16.4 Å². The fraction of sp³-hybridized carbons (Fsp3) is 0.579. The Morgan fingerprint density at radius 2 is 1.70 bits per heavy atom. The zero-order chi connectivity index (χ0) is 19.9. The van der Waals surface area contributed by atoms with Gasteiger partial charge in [-0.15, -0.1) is 0 Å². The Balaban J connectivity index is 2.03. The first-order valence-electron chi connectivity index (χ1n) is 9.56. The minimum atomic E-state index is -3.63. The molecule has 0 unspecified atom stereocenters. The highest BCUT2D eigenvalue weighted by atomic mass is 32.2. The number of nitrogens with zero attached hydrogens (tertiary/aromatic N) is 2. The van der Waals surface area contributed by atoms with E-state index in [1.807, 2.05) is 0 Å². The van der Waals surface area contributed by atoms with Crippen molar-refractivity contribution in [3.8, 4) is 0 Å². The average molecular weight is 396 g/mol. The van der Waals surface area contributed by atoms with E-state index < -0.39 is 15.9 Å². The first-order valence-corrected chi connectivity index (χ1v) is 11.0. The van der Waals surface area contributed by atoms with E-state index in [0.29, 0.717) is 13.1 Å². The molecule has 0 saturated carbocycles. The lowest BCUT2D eigenvalue weighted by Crippen LogP contribution is -2.40. The first kappa shape index (κ1) is 21.4. The number of likely N-dealkylation sites (tertiary alicyclic amines) is 1. The summed E-state index contributed by atoms with van der Waals surface area (Å²) in [5.41, 5.74) is 0.229. The number of rotatable bonds is 7. The van der Waals surface area contributed by atoms with Gasteiger partial charge in [-0.25, -0.2) is 8.42 Å². The molecule has 1 aliphatic rings. The SMILES string of the molecule is CCN(CC)S(=O)(=O)c1cccc(C(=O)NCC(=O)N2CCCCCC2)c1. The quantitative estimate of drug-likeness (QED) is 0.763. The molecule has 0 spiro atoms. The maximum atomic E-state index is 12.6. The van der Waals surface area contributed by atoms with Crippen molar-refractivity contribution in [3.05, 3.63) is 29.8 Å². The number of sulfonamides is 1. The number of amides is 2. The van der Waals surface area contributed by atoms with Crippen LogP contribution in [0.3, 0.4) is 0 Å². The van der Waals surface area contributed by atoms with Crippen molar-refractivity contribution in [3.63, 3.8) is 0 Å². The molecule has 27 heavy (non-hydrogen) atoms. The van der Waals surface area contributed by atoms with Gasteiger partial charge in [-0.2, -0.15) is 4.31 Å². The zero-order valence-corrected chi connectivity index (χ0v) is 16.9. The summed E-state index contributed by atoms with van der Waals surface area (Å²) in [6.07, 6.45) is 4.24. The molecule has 7 nitrogen and oxygen atoms in total. The van der Waals surface area contributed by atoms with Gasteiger partial charge in [0, 0.05) is 31.7 Å². The molecule has 0 atom stereocenters. The average Bonchev–Trinajstić information content (AvgIpc) is 2.96. The van der Waals surface area contributed by atoms with Gasteiger partial charge in [-0.3, -0.25) is 9.59 Å². The van der Waals surface area contributed by atoms with Gasteiger partial charge in [0.1, 0.15) is 0 Å². The second kappa shape index (κ2) is 9.85. The second-order valence-electron chi connectivity index (χ2n) is 6.59. The van der Waals surface area contributed by atoms with Gasteiger partial charge in [0.2, 0.25) is 15.9 Å². The molecular weight excluding hydrogens is 366 g/mol. The highest BCUT2D eigenvalue weighted by molar-refractivity contribution is 7.89. The number of benzene rings is 1. The van der Waals surface area contributed by atoms with Crippen molar-refractivity contribution < 1.29 is 18.0 Å². The highest BCUT2D eigenvalue weighted by Gasteiger charge is 2.23. The molecule has 0 bridgehead atoms. The lowest BCUT2D eigenvalue weighted by atomic mass is 10.2. The fourth-order valence-electron chi connectivity index (χ4n) is 3.20. The number of carbonyl (C=O) groups excluding carboxylic acids is 2. The summed E-state index contributed by atoms with van der Waals surface area (Å²) in [6.45, 7) is 5.64. The Morgan fingerprint density at radius 1 is 1.07 bits per heavy atom. The summed E-state index contributed by atoms with van der Waals surface area (Å²) in [5, 5.41) is 2.61. The summed E-state index contributed by atoms with van der Waals surface area (Å²) >= 11 is 0. The highest BCUT2D eigenvalue weighted by Crippen LogP contribution is 2.17. The maximum absolute atomic E-state index is 12.6. The number of hydrogen-bond donors (Lipinski definition) is 1. The van der Waals surface area contributed by atoms with Crippen LogP contribution in [0.2, 0.25) is 0 Å². The van der Waals surface area contributed by atoms with Gasteiger partial charge in [-0.1, -0.05) is 32.8 Å². The van der Waals surface area contributed by atoms with Crippen molar-refractivity contribution in [1.82, 2.24) is 14.5 Å². The molecule has 2 rings (SSSR count). The van der Waals surface area contributed by atoms with E-state index in [-0.39, 0.29) is 22.9 Å². The molecule has 0 radical (unpaired) electrons. The topological polar surface area (TPSA) is 86.8 Å². The van der Waals surface area contributed by atoms with E-state index in [1.54, 1.807) is 30.9 Å². The minimum absolute atomic E-state index is 0.0775. The molecule has 1 N–H and O–H groups in total. The van der Waals surface area contributed by atoms with E-state index in [4.69, 9.17) is 0 Å². The van der Waals surface area contributed by atoms with Gasteiger partial charge >= 0.3 is 0 Å². The Morgan fingerprint density at radius 3 is 2.30 bits per heavy atom. The Hall–Kier alpha value is -1.93. The molecule has 1 heterocycles. The van der Waals surface area contributed by atoms with Crippen LogP contribution >= 0.6 is 0 Å². The predicted molar refractivity (Wildman–Crippen MR) is 104 cm³/mol. The molecule has 1 saturated heterocycles. The Bertz CT molecular complexity index is 752. The van der Waals surface area contributed by atoms with Gasteiger partial charge in [0.15, 0.2) is 0 Å². The van der Waals surface area contributed by atoms with Crippen LogP contribution in [0.1, 0.15) is 49.9 Å². The molecule has 0 aromatic heterocycles. The normalized spacial score (nSPS) is 15.4. The van der Waals surface area contributed by atoms with Gasteiger partial charge in [-0.05, 0) is 31.0 Å². The lowest BCUT2D eigenvalue weighted by molar-refractivity contribution is -0.130. The van der Waals surface area contributed by atoms with Crippen LogP contribution in [0.25, 0.3) is 0 Å². The van der Waals surface area contributed by atoms with Crippen LogP contribution in [0.15, 0.2) is 29.2 Å². The maximum Gasteiger partial charge on any atom is 0.251 e. The second-order valence-corrected chi connectivity index (χ2v) is 8.53. The molecule has 8 heteroatoms. The third-order valence-corrected chi connectivity index (χ3v) is 6.84. The molecular formula is C19H29N3O4S. The number of nitrogens with one attached hydrogen (secondary N) is 1. The summed E-state index contributed by atoms with van der Waals surface area (Å²) in [7, 11) is -3.63. The molecule has 0 aliphatic carbocycles. The molecule has 1 aromatic carbocycles. The van der Waals surface area contributed by atoms with Crippen molar-refractivity contribution in [2.75, 3.05) is 32.7 Å². The minimum Gasteiger partial charge on any atom is -0.343 e. The summed E-state index contributed by atoms with van der Waals surface area (Å²) in [4.78, 5) is 26.6. The summed E-state index contributed by atoms with van der Waals surface area (Å²) in [6, 6.07) is 5.93. The smallest absolute Gasteiger partial charge is 0.251 e. The van der Waals surface area contributed by atoms with Gasteiger partial charge < -0.3 is 10.2 Å². The molecule has 1 fully saturated rings. The number of carbonyl (C=O) groups is 2. The Labute approximate surface area is 161 Å². The van der Waals surface area contributed by atoms with Gasteiger partial charge in [0.25, 0.3) is 5.91 Å². The van der Waals surface area contributed by atoms with E-state index in [2.05, 4.69) is 5.32 Å². The van der Waals surface area contributed by atoms with E-state index in [0.717, 1.165) is 38.8 Å². The van der Waals surface area contributed by atoms with Crippen LogP contribution in [-0.4, -0.2) is 62.2 Å². The molecule has 2 amide bonds. The Kier molecular flexibility index (Phi) is 7.79. The lowest BCUT2D eigenvalue weighted by Gasteiger charge is -2.20. The summed E-state index contributed by atoms with van der Waals surface area (Å²) < 4.78 is 26.6. The third kappa shape index (κ3) is 5.52. The van der Waals surface area contributed by atoms with E-state index in [9.17, 15) is 18.0 Å². The van der Waals surface area contributed by atoms with Crippen molar-refractivity contribution in [2.24, 2.45) is 0 Å². The third-order valence-electron chi connectivity index (χ3n) is 4.80. The largest absolute Gasteiger partial charge is 0.343 e. The van der Waals surface area contributed by atoms with Gasteiger partial charge in [0.05, 0.1) is 11.4 Å². The standard InChI is InChI=1S/C19H29N3O4S/c1-3-22(4-2)27(25,26)17-11-9-10-16(14-17)19(24)20-15-18(23)21-12-7-5-6-8-13-21/h9-11,14H,3-8,12-13,15H2,1-2H3,(H,20,24). The predicted octanol–water partition coefficient (Wildman–Crippen LogP) is 1.85. The molecule has 1 aliphatic heterocycles. The monoisotopic (exact) mass is 395 g/mol. The van der Waals surface area contributed by atoms with Crippen molar-refractivity contribution in [1.29, 1.82) is 0 Å². The van der Waals surface area contributed by atoms with Crippen molar-refractivity contribution in [2.45, 2.75) is 44.4 Å². The van der Waals surface area contributed by atoms with Crippen LogP contribution in [-0.2, 0) is 14.8 Å². The number of hydrogen-bond acceptors (Lipinski definition) is 4. The van der Waals surface area contributed by atoms with E-state index >= 15 is 0 Å². The molecule has 1 aromatic rings. The summed E-state index contributed by atoms with van der Waals surface area (Å²) in [5.74, 6) is -0.549. The fourth-order valence-corrected chi connectivity index (χ4v) is 4.70. The zero-order valence-electron chi connectivity index (χ0n) is 16.1. The van der Waals surface area contributed by atoms with Crippen LogP contribution in [0, 0.1) is 0 Å². The van der Waals surface area contributed by atoms with Crippen molar-refractivity contribution >= 4 is 21.8 Å². The van der Waals surface area contributed by atoms with Crippen LogP contribution in [0.4, 0.5) is 0 Å². The van der Waals surface area contributed by atoms with Crippen LogP contribution in [0.5, 0.6) is 0 Å². The van der Waals surface area contributed by atoms with Crippen LogP contribution < -0.4 is 5.32 Å².